The molecule has 1 heterocycles. The van der Waals surface area contributed by atoms with Crippen LogP contribution in [0.2, 0.25) is 0 Å². The van der Waals surface area contributed by atoms with E-state index in [1.54, 1.807) is 31.2 Å². The summed E-state index contributed by atoms with van der Waals surface area (Å²) in [5.41, 5.74) is 0.468. The number of rotatable bonds is 4. The van der Waals surface area contributed by atoms with Gasteiger partial charge in [-0.3, -0.25) is 14.3 Å². The zero-order valence-corrected chi connectivity index (χ0v) is 21.7. The van der Waals surface area contributed by atoms with Gasteiger partial charge in [-0.1, -0.05) is 13.8 Å². The van der Waals surface area contributed by atoms with E-state index in [0.29, 0.717) is 22.8 Å². The molecule has 6 nitrogen and oxygen atoms in total. The molecule has 4 fully saturated rings. The number of amides is 1. The summed E-state index contributed by atoms with van der Waals surface area (Å²) >= 11 is 0. The van der Waals surface area contributed by atoms with Gasteiger partial charge in [-0.2, -0.15) is 5.10 Å². The van der Waals surface area contributed by atoms with Crippen LogP contribution in [0.3, 0.4) is 0 Å². The summed E-state index contributed by atoms with van der Waals surface area (Å²) in [6.07, 6.45) is 13.3. The van der Waals surface area contributed by atoms with Crippen molar-refractivity contribution in [1.82, 2.24) is 14.7 Å². The Morgan fingerprint density at radius 1 is 1.03 bits per heavy atom. The first-order chi connectivity index (χ1) is 15.9. The molecule has 4 aliphatic carbocycles. The van der Waals surface area contributed by atoms with Gasteiger partial charge in [0, 0.05) is 26.2 Å². The van der Waals surface area contributed by atoms with Crippen LogP contribution in [0.5, 0.6) is 0 Å². The summed E-state index contributed by atoms with van der Waals surface area (Å²) in [5.74, 6) is 3.01. The zero-order valence-electron chi connectivity index (χ0n) is 21.7. The van der Waals surface area contributed by atoms with Crippen LogP contribution >= 0.6 is 0 Å². The number of hydrogen-bond donors (Lipinski definition) is 1. The highest BCUT2D eigenvalue weighted by atomic mass is 16.3. The first kappa shape index (κ1) is 24.0. The Hall–Kier alpha value is -1.69. The number of aromatic nitrogens is 2. The lowest BCUT2D eigenvalue weighted by atomic mass is 9.44. The molecule has 34 heavy (non-hydrogen) atoms. The first-order valence-electron chi connectivity index (χ1n) is 13.4. The third kappa shape index (κ3) is 3.75. The summed E-state index contributed by atoms with van der Waals surface area (Å²) in [6, 6.07) is 0. The molecule has 1 aromatic heterocycles. The van der Waals surface area contributed by atoms with Crippen LogP contribution in [0.15, 0.2) is 12.4 Å². The predicted octanol–water partition coefficient (Wildman–Crippen LogP) is 4.56. The van der Waals surface area contributed by atoms with Crippen molar-refractivity contribution >= 4 is 11.7 Å². The summed E-state index contributed by atoms with van der Waals surface area (Å²) < 4.78 is 1.65. The zero-order chi connectivity index (χ0) is 24.5. The van der Waals surface area contributed by atoms with Gasteiger partial charge < -0.3 is 10.0 Å². The van der Waals surface area contributed by atoms with E-state index in [1.165, 1.54) is 24.2 Å². The molecule has 0 aromatic carbocycles. The quantitative estimate of drug-likeness (QED) is 0.701. The molecule has 1 amide bonds. The number of carbonyl (C=O) groups excluding carboxylic acids is 2. The fraction of sp³-hybridized carbons (Fsp3) is 0.821. The van der Waals surface area contributed by atoms with E-state index >= 15 is 0 Å². The molecule has 188 valence electrons. The molecule has 0 bridgehead atoms. The van der Waals surface area contributed by atoms with Crippen LogP contribution in [0.1, 0.15) is 88.9 Å². The van der Waals surface area contributed by atoms with Gasteiger partial charge in [0.05, 0.1) is 23.9 Å². The van der Waals surface area contributed by atoms with E-state index in [9.17, 15) is 14.7 Å². The van der Waals surface area contributed by atoms with Gasteiger partial charge in [0.15, 0.2) is 5.78 Å². The Balaban J connectivity index is 1.30. The first-order valence-corrected chi connectivity index (χ1v) is 13.4. The van der Waals surface area contributed by atoms with Gasteiger partial charge in [-0.05, 0) is 99.2 Å². The molecule has 0 radical (unpaired) electrons. The van der Waals surface area contributed by atoms with Gasteiger partial charge in [0.1, 0.15) is 0 Å². The highest BCUT2D eigenvalue weighted by Gasteiger charge is 2.61. The van der Waals surface area contributed by atoms with Crippen LogP contribution < -0.4 is 0 Å². The number of carbonyl (C=O) groups is 2. The Morgan fingerprint density at radius 2 is 1.76 bits per heavy atom. The van der Waals surface area contributed by atoms with Crippen molar-refractivity contribution < 1.29 is 14.7 Å². The van der Waals surface area contributed by atoms with Crippen molar-refractivity contribution in [1.29, 1.82) is 0 Å². The SMILES string of the molecule is CN(C)C(=O)c1cnn(CC(=O)[C@H]2CC[C@H]3C4CCC5C[C@](C)(O)CC[C@]5(C)[C@H]4CC[C@]23C)c1. The molecule has 0 spiro atoms. The summed E-state index contributed by atoms with van der Waals surface area (Å²) in [7, 11) is 3.45. The van der Waals surface area contributed by atoms with Crippen LogP contribution in [0.25, 0.3) is 0 Å². The fourth-order valence-electron chi connectivity index (χ4n) is 9.05. The average Bonchev–Trinajstić information content (AvgIpc) is 3.37. The van der Waals surface area contributed by atoms with Gasteiger partial charge >= 0.3 is 0 Å². The highest BCUT2D eigenvalue weighted by Crippen LogP contribution is 2.68. The number of ketones is 1. The molecule has 2 unspecified atom stereocenters. The Labute approximate surface area is 204 Å². The molecule has 0 aliphatic heterocycles. The van der Waals surface area contributed by atoms with E-state index < -0.39 is 5.60 Å². The molecule has 1 N–H and O–H groups in total. The molecule has 0 saturated heterocycles. The predicted molar refractivity (Wildman–Crippen MR) is 131 cm³/mol. The van der Waals surface area contributed by atoms with Gasteiger partial charge in [-0.25, -0.2) is 0 Å². The average molecular weight is 470 g/mol. The van der Waals surface area contributed by atoms with E-state index in [4.69, 9.17) is 0 Å². The van der Waals surface area contributed by atoms with Crippen LogP contribution in [0, 0.1) is 40.4 Å². The van der Waals surface area contributed by atoms with Crippen LogP contribution in [-0.2, 0) is 11.3 Å². The molecule has 1 aromatic rings. The lowest BCUT2D eigenvalue weighted by Crippen LogP contribution is -2.55. The number of fused-ring (bicyclic) bond motifs is 5. The monoisotopic (exact) mass is 469 g/mol. The van der Waals surface area contributed by atoms with E-state index in [0.717, 1.165) is 50.4 Å². The van der Waals surface area contributed by atoms with Gasteiger partial charge in [0.25, 0.3) is 5.91 Å². The van der Waals surface area contributed by atoms with Crippen molar-refractivity contribution in [3.63, 3.8) is 0 Å². The van der Waals surface area contributed by atoms with Gasteiger partial charge in [-0.15, -0.1) is 0 Å². The standard InChI is InChI=1S/C28H43N3O3/c1-26(34)12-13-27(2)19(14-26)6-7-20-21-8-9-23(28(21,3)11-10-22(20)27)24(32)17-31-16-18(15-29-31)25(33)30(4)5/h15-16,19-23,34H,6-14,17H2,1-5H3/t19?,20?,21-,22-,23+,26+,27-,28-/m0/s1. The number of hydrogen-bond acceptors (Lipinski definition) is 4. The van der Waals surface area contributed by atoms with Crippen molar-refractivity contribution in [2.75, 3.05) is 14.1 Å². The second-order valence-corrected chi connectivity index (χ2v) is 13.1. The fourth-order valence-corrected chi connectivity index (χ4v) is 9.05. The van der Waals surface area contributed by atoms with E-state index in [2.05, 4.69) is 18.9 Å². The summed E-state index contributed by atoms with van der Waals surface area (Å²) in [4.78, 5) is 27.3. The molecular weight excluding hydrogens is 426 g/mol. The molecule has 6 heteroatoms. The maximum absolute atomic E-state index is 13.5. The molecule has 4 saturated carbocycles. The topological polar surface area (TPSA) is 75.4 Å². The second kappa shape index (κ2) is 8.18. The van der Waals surface area contributed by atoms with Gasteiger partial charge in [0.2, 0.25) is 0 Å². The second-order valence-electron chi connectivity index (χ2n) is 13.1. The molecule has 8 atom stereocenters. The Morgan fingerprint density at radius 3 is 2.50 bits per heavy atom. The van der Waals surface area contributed by atoms with Crippen LogP contribution in [0.4, 0.5) is 0 Å². The smallest absolute Gasteiger partial charge is 0.256 e. The maximum atomic E-state index is 13.5. The van der Waals surface area contributed by atoms with Crippen molar-refractivity contribution in [3.05, 3.63) is 18.0 Å². The minimum absolute atomic E-state index is 0.0804. The molecular formula is C28H43N3O3. The van der Waals surface area contributed by atoms with Crippen molar-refractivity contribution in [2.24, 2.45) is 40.4 Å². The lowest BCUT2D eigenvalue weighted by Gasteiger charge is -2.61. The Bertz CT molecular complexity index is 968. The molecule has 4 aliphatic rings. The number of nitrogens with zero attached hydrogens (tertiary/aromatic N) is 3. The van der Waals surface area contributed by atoms with Crippen molar-refractivity contribution in [3.8, 4) is 0 Å². The lowest BCUT2D eigenvalue weighted by molar-refractivity contribution is -0.151. The summed E-state index contributed by atoms with van der Waals surface area (Å²) in [6.45, 7) is 7.21. The van der Waals surface area contributed by atoms with Crippen molar-refractivity contribution in [2.45, 2.75) is 90.7 Å². The normalized spacial score (nSPS) is 43.5. The largest absolute Gasteiger partial charge is 0.390 e. The highest BCUT2D eigenvalue weighted by molar-refractivity contribution is 5.93. The minimum atomic E-state index is -0.491. The Kier molecular flexibility index (Phi) is 5.78. The van der Waals surface area contributed by atoms with E-state index in [-0.39, 0.29) is 29.6 Å². The molecule has 5 rings (SSSR count). The third-order valence-corrected chi connectivity index (χ3v) is 10.9. The maximum Gasteiger partial charge on any atom is 0.256 e. The summed E-state index contributed by atoms with van der Waals surface area (Å²) in [5, 5.41) is 15.0. The third-order valence-electron chi connectivity index (χ3n) is 10.9. The number of Topliss-reactive ketones (excluding diaryl/α,β-unsaturated/α-hetero) is 1. The minimum Gasteiger partial charge on any atom is -0.390 e. The van der Waals surface area contributed by atoms with E-state index in [1.807, 2.05) is 6.92 Å². The number of aliphatic hydroxyl groups is 1. The van der Waals surface area contributed by atoms with Crippen LogP contribution in [-0.4, -0.2) is 51.2 Å².